The lowest BCUT2D eigenvalue weighted by molar-refractivity contribution is -0.0640. The first-order valence-corrected chi connectivity index (χ1v) is 11.0. The van der Waals surface area contributed by atoms with Gasteiger partial charge in [-0.25, -0.2) is 0 Å². The number of likely N-dealkylation sites (tertiary alicyclic amines) is 1. The highest BCUT2D eigenvalue weighted by atomic mass is 79.9. The molecule has 0 unspecified atom stereocenters. The second-order valence-electron chi connectivity index (χ2n) is 7.29. The van der Waals surface area contributed by atoms with E-state index in [1.165, 1.54) is 5.56 Å². The van der Waals surface area contributed by atoms with Gasteiger partial charge in [-0.1, -0.05) is 50.1 Å². The molecule has 0 bridgehead atoms. The van der Waals surface area contributed by atoms with E-state index in [0.717, 1.165) is 46.2 Å². The molecule has 4 nitrogen and oxygen atoms in total. The predicted octanol–water partition coefficient (Wildman–Crippen LogP) is 4.65. The van der Waals surface area contributed by atoms with Crippen LogP contribution >= 0.6 is 31.9 Å². The van der Waals surface area contributed by atoms with Crippen molar-refractivity contribution in [2.24, 2.45) is 5.73 Å². The molecule has 0 radical (unpaired) electrons. The smallest absolute Gasteiger partial charge is 0.124 e. The molecular weight excluding hydrogens is 472 g/mol. The van der Waals surface area contributed by atoms with Crippen LogP contribution in [-0.4, -0.2) is 36.7 Å². The first-order chi connectivity index (χ1) is 13.1. The molecule has 144 valence electrons. The second kappa shape index (κ2) is 8.62. The van der Waals surface area contributed by atoms with E-state index in [1.54, 1.807) is 0 Å². The Morgan fingerprint density at radius 2 is 1.78 bits per heavy atom. The number of benzene rings is 2. The molecule has 2 aromatic carbocycles. The Bertz CT molecular complexity index is 773. The number of nitrogens with two attached hydrogens (primary N) is 1. The van der Waals surface area contributed by atoms with E-state index >= 15 is 0 Å². The van der Waals surface area contributed by atoms with Gasteiger partial charge in [0.05, 0.1) is 12.6 Å². The summed E-state index contributed by atoms with van der Waals surface area (Å²) in [6, 6.07) is 15.1. The molecule has 0 spiro atoms. The van der Waals surface area contributed by atoms with Gasteiger partial charge in [0.25, 0.3) is 0 Å². The third kappa shape index (κ3) is 4.57. The van der Waals surface area contributed by atoms with Gasteiger partial charge < -0.3 is 15.2 Å². The standard InChI is InChI=1S/C21H24Br2N2O2/c22-15-9-14(10-16(23)11-15)12-26-20-13-27-19-4-2-1-3-18(19)21(20)25-7-5-17(24)6-8-25/h1-4,9-11,17,20-21H,5-8,12-13,24H2/t20-,21-/m1/s1. The lowest BCUT2D eigenvalue weighted by Crippen LogP contribution is -2.48. The van der Waals surface area contributed by atoms with E-state index in [4.69, 9.17) is 15.2 Å². The molecule has 2 N–H and O–H groups in total. The average Bonchev–Trinajstić information content (AvgIpc) is 2.66. The normalized spacial score (nSPS) is 23.7. The molecule has 2 heterocycles. The third-order valence-electron chi connectivity index (χ3n) is 5.35. The van der Waals surface area contributed by atoms with Crippen molar-refractivity contribution in [3.05, 3.63) is 62.5 Å². The number of hydrogen-bond donors (Lipinski definition) is 1. The van der Waals surface area contributed by atoms with E-state index in [9.17, 15) is 0 Å². The Morgan fingerprint density at radius 1 is 1.07 bits per heavy atom. The van der Waals surface area contributed by atoms with Crippen molar-refractivity contribution in [3.63, 3.8) is 0 Å². The molecule has 6 heteroatoms. The van der Waals surface area contributed by atoms with Crippen molar-refractivity contribution in [3.8, 4) is 5.75 Å². The highest BCUT2D eigenvalue weighted by Gasteiger charge is 2.37. The maximum atomic E-state index is 6.39. The first kappa shape index (κ1) is 19.4. The van der Waals surface area contributed by atoms with Gasteiger partial charge in [0.1, 0.15) is 18.5 Å². The number of ether oxygens (including phenoxy) is 2. The van der Waals surface area contributed by atoms with Gasteiger partial charge in [-0.15, -0.1) is 0 Å². The van der Waals surface area contributed by atoms with Crippen LogP contribution in [0.3, 0.4) is 0 Å². The highest BCUT2D eigenvalue weighted by molar-refractivity contribution is 9.11. The molecule has 2 atom stereocenters. The van der Waals surface area contributed by atoms with Crippen molar-refractivity contribution in [1.29, 1.82) is 0 Å². The van der Waals surface area contributed by atoms with Crippen LogP contribution < -0.4 is 10.5 Å². The van der Waals surface area contributed by atoms with Crippen LogP contribution in [0.4, 0.5) is 0 Å². The van der Waals surface area contributed by atoms with Crippen LogP contribution in [-0.2, 0) is 11.3 Å². The van der Waals surface area contributed by atoms with E-state index in [0.29, 0.717) is 19.3 Å². The molecule has 2 aliphatic rings. The fourth-order valence-electron chi connectivity index (χ4n) is 3.99. The Kier molecular flexibility index (Phi) is 6.19. The minimum Gasteiger partial charge on any atom is -0.490 e. The van der Waals surface area contributed by atoms with Gasteiger partial charge in [-0.05, 0) is 42.7 Å². The second-order valence-corrected chi connectivity index (χ2v) is 9.13. The summed E-state index contributed by atoms with van der Waals surface area (Å²) in [4.78, 5) is 2.52. The third-order valence-corrected chi connectivity index (χ3v) is 6.26. The lowest BCUT2D eigenvalue weighted by Gasteiger charge is -2.43. The highest BCUT2D eigenvalue weighted by Crippen LogP contribution is 2.38. The van der Waals surface area contributed by atoms with E-state index in [2.05, 4.69) is 67.1 Å². The average molecular weight is 496 g/mol. The number of rotatable bonds is 4. The number of nitrogens with zero attached hydrogens (tertiary/aromatic N) is 1. The number of piperidine rings is 1. The molecule has 0 saturated carbocycles. The van der Waals surface area contributed by atoms with Gasteiger partial charge in [-0.2, -0.15) is 0 Å². The van der Waals surface area contributed by atoms with Gasteiger partial charge in [0, 0.05) is 33.6 Å². The summed E-state index contributed by atoms with van der Waals surface area (Å²) in [7, 11) is 0. The molecule has 27 heavy (non-hydrogen) atoms. The molecule has 0 aliphatic carbocycles. The van der Waals surface area contributed by atoms with Crippen molar-refractivity contribution in [1.82, 2.24) is 4.90 Å². The molecule has 2 aliphatic heterocycles. The monoisotopic (exact) mass is 494 g/mol. The maximum absolute atomic E-state index is 6.39. The summed E-state index contributed by atoms with van der Waals surface area (Å²) in [6.07, 6.45) is 2.06. The Hall–Kier alpha value is -0.920. The maximum Gasteiger partial charge on any atom is 0.124 e. The van der Waals surface area contributed by atoms with Crippen molar-refractivity contribution in [2.75, 3.05) is 19.7 Å². The SMILES string of the molecule is NC1CCN([C@@H]2c3ccccc3OC[C@H]2OCc2cc(Br)cc(Br)c2)CC1. The topological polar surface area (TPSA) is 47.7 Å². The van der Waals surface area contributed by atoms with Gasteiger partial charge in [0.15, 0.2) is 0 Å². The number of halogens is 2. The Balaban J connectivity index is 1.55. The van der Waals surface area contributed by atoms with Crippen molar-refractivity contribution in [2.45, 2.75) is 37.6 Å². The molecule has 1 saturated heterocycles. The molecule has 4 rings (SSSR count). The zero-order valence-electron chi connectivity index (χ0n) is 15.1. The molecule has 0 aromatic heterocycles. The summed E-state index contributed by atoms with van der Waals surface area (Å²) < 4.78 is 14.5. The van der Waals surface area contributed by atoms with Crippen LogP contribution in [0.1, 0.15) is 30.0 Å². The Morgan fingerprint density at radius 3 is 2.52 bits per heavy atom. The number of fused-ring (bicyclic) bond motifs is 1. The van der Waals surface area contributed by atoms with Crippen molar-refractivity contribution < 1.29 is 9.47 Å². The van der Waals surface area contributed by atoms with Crippen LogP contribution in [0.25, 0.3) is 0 Å². The molecule has 0 amide bonds. The summed E-state index contributed by atoms with van der Waals surface area (Å²) in [5.41, 5.74) is 8.48. The van der Waals surface area contributed by atoms with Crippen molar-refractivity contribution >= 4 is 31.9 Å². The predicted molar refractivity (Wildman–Crippen MR) is 114 cm³/mol. The number of hydrogen-bond acceptors (Lipinski definition) is 4. The lowest BCUT2D eigenvalue weighted by atomic mass is 9.93. The molecule has 1 fully saturated rings. The summed E-state index contributed by atoms with van der Waals surface area (Å²) in [5, 5.41) is 0. The van der Waals surface area contributed by atoms with E-state index in [1.807, 2.05) is 12.1 Å². The molecular formula is C21H24Br2N2O2. The molecule has 2 aromatic rings. The fourth-order valence-corrected chi connectivity index (χ4v) is 5.37. The van der Waals surface area contributed by atoms with Gasteiger partial charge >= 0.3 is 0 Å². The minimum absolute atomic E-state index is 0.00742. The quantitative estimate of drug-likeness (QED) is 0.670. The number of para-hydroxylation sites is 1. The first-order valence-electron chi connectivity index (χ1n) is 9.38. The van der Waals surface area contributed by atoms with Crippen LogP contribution in [0, 0.1) is 0 Å². The summed E-state index contributed by atoms with van der Waals surface area (Å²) >= 11 is 7.10. The van der Waals surface area contributed by atoms with Crippen LogP contribution in [0.5, 0.6) is 5.75 Å². The Labute approximate surface area is 177 Å². The fraction of sp³-hybridized carbons (Fsp3) is 0.429. The van der Waals surface area contributed by atoms with E-state index in [-0.39, 0.29) is 12.1 Å². The zero-order chi connectivity index (χ0) is 18.8. The van der Waals surface area contributed by atoms with Gasteiger partial charge in [-0.3, -0.25) is 4.90 Å². The zero-order valence-corrected chi connectivity index (χ0v) is 18.3. The van der Waals surface area contributed by atoms with Crippen LogP contribution in [0.15, 0.2) is 51.4 Å². The van der Waals surface area contributed by atoms with E-state index < -0.39 is 0 Å². The summed E-state index contributed by atoms with van der Waals surface area (Å²) in [6.45, 7) is 3.13. The van der Waals surface area contributed by atoms with Gasteiger partial charge in [0.2, 0.25) is 0 Å². The largest absolute Gasteiger partial charge is 0.490 e. The summed E-state index contributed by atoms with van der Waals surface area (Å²) in [5.74, 6) is 0.974. The minimum atomic E-state index is -0.00742. The van der Waals surface area contributed by atoms with Crippen LogP contribution in [0.2, 0.25) is 0 Å².